The van der Waals surface area contributed by atoms with Crippen LogP contribution in [0.3, 0.4) is 0 Å². The summed E-state index contributed by atoms with van der Waals surface area (Å²) in [7, 11) is 0. The fourth-order valence-electron chi connectivity index (χ4n) is 1.75. The van der Waals surface area contributed by atoms with Crippen LogP contribution in [0.5, 0.6) is 0 Å². The predicted molar refractivity (Wildman–Crippen MR) is 73.3 cm³/mol. The van der Waals surface area contributed by atoms with E-state index in [1.807, 2.05) is 0 Å². The molecule has 1 aromatic carbocycles. The summed E-state index contributed by atoms with van der Waals surface area (Å²) < 4.78 is 44.3. The average molecular weight is 287 g/mol. The lowest BCUT2D eigenvalue weighted by Gasteiger charge is -2.34. The molecule has 0 aliphatic rings. The lowest BCUT2D eigenvalue weighted by Crippen LogP contribution is -2.44. The van der Waals surface area contributed by atoms with Crippen molar-refractivity contribution in [1.82, 2.24) is 0 Å². The van der Waals surface area contributed by atoms with Crippen molar-refractivity contribution in [2.75, 3.05) is 0 Å². The topological polar surface area (TPSA) is 26.3 Å². The van der Waals surface area contributed by atoms with Gasteiger partial charge in [-0.25, -0.2) is 0 Å². The smallest absolute Gasteiger partial charge is 0.491 e. The van der Waals surface area contributed by atoms with Crippen molar-refractivity contribution >= 4 is 12.9 Å². The molecular formula is C14H19BF3O2-. The predicted octanol–water partition coefficient (Wildman–Crippen LogP) is 4.13. The highest BCUT2D eigenvalue weighted by Crippen LogP contribution is 2.32. The Labute approximate surface area is 117 Å². The molecule has 0 aliphatic carbocycles. The number of benzene rings is 1. The molecule has 0 fully saturated rings. The first-order valence-electron chi connectivity index (χ1n) is 6.49. The van der Waals surface area contributed by atoms with Gasteiger partial charge in [-0.3, -0.25) is 4.79 Å². The highest BCUT2D eigenvalue weighted by atomic mass is 19.4. The van der Waals surface area contributed by atoms with Crippen molar-refractivity contribution in [2.24, 2.45) is 5.41 Å². The van der Waals surface area contributed by atoms with Crippen LogP contribution in [-0.4, -0.2) is 18.9 Å². The summed E-state index contributed by atoms with van der Waals surface area (Å²) in [5, 5.41) is 0. The Morgan fingerprint density at radius 2 is 1.65 bits per heavy atom. The number of esters is 1. The lowest BCUT2D eigenvalue weighted by atomic mass is 9.72. The van der Waals surface area contributed by atoms with E-state index in [0.29, 0.717) is 5.56 Å². The van der Waals surface area contributed by atoms with Crippen molar-refractivity contribution in [2.45, 2.75) is 39.6 Å². The summed E-state index contributed by atoms with van der Waals surface area (Å²) >= 11 is 0. The van der Waals surface area contributed by atoms with E-state index < -0.39 is 30.3 Å². The van der Waals surface area contributed by atoms with Crippen LogP contribution in [0, 0.1) is 5.41 Å². The first kappa shape index (κ1) is 16.6. The number of halogens is 3. The van der Waals surface area contributed by atoms with Crippen molar-refractivity contribution in [1.29, 1.82) is 0 Å². The summed E-state index contributed by atoms with van der Waals surface area (Å²) in [4.78, 5) is 11.7. The molecule has 20 heavy (non-hydrogen) atoms. The van der Waals surface area contributed by atoms with Crippen molar-refractivity contribution in [3.8, 4) is 0 Å². The van der Waals surface area contributed by atoms with Crippen LogP contribution in [0.25, 0.3) is 0 Å². The third-order valence-corrected chi connectivity index (χ3v) is 3.05. The summed E-state index contributed by atoms with van der Waals surface area (Å²) in [5.74, 6) is -1.77. The molecule has 0 heterocycles. The summed E-state index contributed by atoms with van der Waals surface area (Å²) in [5.41, 5.74) is -0.464. The minimum atomic E-state index is -5.28. The van der Waals surface area contributed by atoms with Crippen LogP contribution in [0.2, 0.25) is 0 Å². The van der Waals surface area contributed by atoms with E-state index >= 15 is 0 Å². The Bertz CT molecular complexity index is 452. The minimum Gasteiger partial charge on any atom is -0.491 e. The molecule has 0 saturated carbocycles. The Morgan fingerprint density at radius 1 is 1.15 bits per heavy atom. The third kappa shape index (κ3) is 4.29. The Hall–Kier alpha value is -1.46. The van der Waals surface area contributed by atoms with Crippen molar-refractivity contribution in [3.05, 3.63) is 35.9 Å². The van der Waals surface area contributed by atoms with Gasteiger partial charge in [-0.15, -0.1) is 0 Å². The van der Waals surface area contributed by atoms with Gasteiger partial charge in [0, 0.05) is 0 Å². The van der Waals surface area contributed by atoms with Crippen LogP contribution < -0.4 is 0 Å². The molecule has 2 unspecified atom stereocenters. The molecule has 1 rings (SSSR count). The minimum absolute atomic E-state index is 0.499. The van der Waals surface area contributed by atoms with E-state index in [-0.39, 0.29) is 0 Å². The molecule has 0 aliphatic heterocycles. The van der Waals surface area contributed by atoms with Gasteiger partial charge in [0.2, 0.25) is 0 Å². The van der Waals surface area contributed by atoms with Crippen LogP contribution in [0.15, 0.2) is 30.3 Å². The van der Waals surface area contributed by atoms with Gasteiger partial charge < -0.3 is 17.7 Å². The fourth-order valence-corrected chi connectivity index (χ4v) is 1.75. The molecule has 0 radical (unpaired) electrons. The second-order valence-corrected chi connectivity index (χ2v) is 5.94. The SMILES string of the molecule is CC(c1ccccc1)C(OC(=O)C(C)(C)C)[B-](F)(F)F. The number of hydrogen-bond donors (Lipinski definition) is 0. The Kier molecular flexibility index (Phi) is 4.89. The zero-order valence-corrected chi connectivity index (χ0v) is 12.1. The van der Waals surface area contributed by atoms with Gasteiger partial charge in [-0.1, -0.05) is 37.3 Å². The third-order valence-electron chi connectivity index (χ3n) is 3.05. The Morgan fingerprint density at radius 3 is 2.05 bits per heavy atom. The zero-order chi connectivity index (χ0) is 15.6. The first-order chi connectivity index (χ1) is 9.03. The van der Waals surface area contributed by atoms with Gasteiger partial charge in [0.15, 0.2) is 0 Å². The van der Waals surface area contributed by atoms with Gasteiger partial charge in [-0.05, 0) is 32.3 Å². The summed E-state index contributed by atoms with van der Waals surface area (Å²) in [6.07, 6.45) is 0. The maximum Gasteiger partial charge on any atom is 0.519 e. The molecule has 2 atom stereocenters. The Balaban J connectivity index is 3.00. The maximum absolute atomic E-state index is 13.2. The summed E-state index contributed by atoms with van der Waals surface area (Å²) in [6, 6.07) is 6.18. The molecule has 0 aromatic heterocycles. The molecule has 0 spiro atoms. The van der Waals surface area contributed by atoms with Gasteiger partial charge in [0.05, 0.1) is 11.4 Å². The molecule has 6 heteroatoms. The average Bonchev–Trinajstić information content (AvgIpc) is 2.33. The molecule has 0 N–H and O–H groups in total. The molecule has 112 valence electrons. The molecule has 2 nitrogen and oxygen atoms in total. The quantitative estimate of drug-likeness (QED) is 0.614. The van der Waals surface area contributed by atoms with Crippen LogP contribution in [0.4, 0.5) is 12.9 Å². The van der Waals surface area contributed by atoms with Crippen LogP contribution >= 0.6 is 0 Å². The zero-order valence-electron chi connectivity index (χ0n) is 12.1. The number of hydrogen-bond acceptors (Lipinski definition) is 2. The monoisotopic (exact) mass is 287 g/mol. The second-order valence-electron chi connectivity index (χ2n) is 5.94. The van der Waals surface area contributed by atoms with Gasteiger partial charge >= 0.3 is 12.9 Å². The molecule has 1 aromatic rings. The number of rotatable bonds is 4. The number of carbonyl (C=O) groups excluding carboxylic acids is 1. The van der Waals surface area contributed by atoms with E-state index in [0.717, 1.165) is 0 Å². The van der Waals surface area contributed by atoms with E-state index in [1.165, 1.54) is 27.7 Å². The highest BCUT2D eigenvalue weighted by molar-refractivity contribution is 6.60. The molecule has 0 saturated heterocycles. The largest absolute Gasteiger partial charge is 0.519 e. The normalized spacial score (nSPS) is 15.6. The van der Waals surface area contributed by atoms with E-state index in [9.17, 15) is 17.7 Å². The lowest BCUT2D eigenvalue weighted by molar-refractivity contribution is -0.157. The summed E-state index contributed by atoms with van der Waals surface area (Å²) in [6.45, 7) is 0.731. The first-order valence-corrected chi connectivity index (χ1v) is 6.49. The molecular weight excluding hydrogens is 268 g/mol. The maximum atomic E-state index is 13.2. The fraction of sp³-hybridized carbons (Fsp3) is 0.500. The van der Waals surface area contributed by atoms with Gasteiger partial charge in [-0.2, -0.15) is 0 Å². The van der Waals surface area contributed by atoms with E-state index in [1.54, 1.807) is 30.3 Å². The van der Waals surface area contributed by atoms with E-state index in [2.05, 4.69) is 0 Å². The molecule has 0 amide bonds. The van der Waals surface area contributed by atoms with Crippen molar-refractivity contribution in [3.63, 3.8) is 0 Å². The standard InChI is InChI=1S/C14H19BF3O2/c1-10(11-8-6-5-7-9-11)12(15(16,17)18)20-13(19)14(2,3)4/h5-10,12H,1-4H3/q-1. The molecule has 0 bridgehead atoms. The highest BCUT2D eigenvalue weighted by Gasteiger charge is 2.43. The van der Waals surface area contributed by atoms with Gasteiger partial charge in [0.25, 0.3) is 0 Å². The number of ether oxygens (including phenoxy) is 1. The van der Waals surface area contributed by atoms with Crippen LogP contribution in [0.1, 0.15) is 39.2 Å². The van der Waals surface area contributed by atoms with E-state index in [4.69, 9.17) is 4.74 Å². The van der Waals surface area contributed by atoms with Crippen LogP contribution in [-0.2, 0) is 9.53 Å². The number of carbonyl (C=O) groups is 1. The second kappa shape index (κ2) is 5.89. The van der Waals surface area contributed by atoms with Gasteiger partial charge in [0.1, 0.15) is 0 Å². The van der Waals surface area contributed by atoms with Crippen molar-refractivity contribution < 1.29 is 22.5 Å².